The summed E-state index contributed by atoms with van der Waals surface area (Å²) in [6, 6.07) is -0.269. The Labute approximate surface area is 104 Å². The van der Waals surface area contributed by atoms with E-state index < -0.39 is 8.32 Å². The SMILES string of the molecule is CO[Si](C)(C)CNC(=O)N1CCCCCC1=O. The Hall–Kier alpha value is -0.883. The van der Waals surface area contributed by atoms with Crippen LogP contribution >= 0.6 is 0 Å². The highest BCUT2D eigenvalue weighted by molar-refractivity contribution is 6.71. The van der Waals surface area contributed by atoms with E-state index in [4.69, 9.17) is 4.43 Å². The van der Waals surface area contributed by atoms with Crippen LogP contribution in [-0.2, 0) is 9.22 Å². The molecule has 0 atom stereocenters. The maximum absolute atomic E-state index is 11.9. The second-order valence-electron chi connectivity index (χ2n) is 4.98. The molecule has 0 aliphatic carbocycles. The predicted octanol–water partition coefficient (Wildman–Crippen LogP) is 1.49. The zero-order valence-electron chi connectivity index (χ0n) is 10.9. The van der Waals surface area contributed by atoms with Gasteiger partial charge in [0.15, 0.2) is 0 Å². The number of likely N-dealkylation sites (tertiary alicyclic amines) is 1. The maximum Gasteiger partial charge on any atom is 0.323 e. The average Bonchev–Trinajstić information content (AvgIpc) is 2.51. The first-order chi connectivity index (χ1) is 7.96. The number of rotatable bonds is 3. The van der Waals surface area contributed by atoms with Crippen LogP contribution in [0, 0.1) is 0 Å². The van der Waals surface area contributed by atoms with Gasteiger partial charge >= 0.3 is 6.03 Å². The van der Waals surface area contributed by atoms with E-state index in [1.807, 2.05) is 13.1 Å². The number of nitrogens with one attached hydrogen (secondary N) is 1. The molecule has 98 valence electrons. The number of carbonyl (C=O) groups excluding carboxylic acids is 2. The lowest BCUT2D eigenvalue weighted by molar-refractivity contribution is -0.127. The Morgan fingerprint density at radius 2 is 2.12 bits per heavy atom. The largest absolute Gasteiger partial charge is 0.419 e. The number of urea groups is 1. The van der Waals surface area contributed by atoms with Crippen LogP contribution in [0.25, 0.3) is 0 Å². The molecule has 6 heteroatoms. The van der Waals surface area contributed by atoms with Crippen LogP contribution in [-0.4, -0.2) is 45.0 Å². The topological polar surface area (TPSA) is 58.6 Å². The second kappa shape index (κ2) is 6.16. The van der Waals surface area contributed by atoms with Crippen LogP contribution in [0.3, 0.4) is 0 Å². The molecule has 0 spiro atoms. The highest BCUT2D eigenvalue weighted by Crippen LogP contribution is 2.11. The molecule has 1 saturated heterocycles. The quantitative estimate of drug-likeness (QED) is 0.780. The summed E-state index contributed by atoms with van der Waals surface area (Å²) >= 11 is 0. The highest BCUT2D eigenvalue weighted by atomic mass is 28.4. The molecule has 1 heterocycles. The Morgan fingerprint density at radius 3 is 2.76 bits per heavy atom. The zero-order valence-corrected chi connectivity index (χ0v) is 11.9. The van der Waals surface area contributed by atoms with Crippen LogP contribution in [0.1, 0.15) is 25.7 Å². The van der Waals surface area contributed by atoms with Crippen molar-refractivity contribution in [3.05, 3.63) is 0 Å². The summed E-state index contributed by atoms with van der Waals surface area (Å²) < 4.78 is 5.35. The van der Waals surface area contributed by atoms with Crippen molar-refractivity contribution in [2.24, 2.45) is 0 Å². The first kappa shape index (κ1) is 14.2. The van der Waals surface area contributed by atoms with Crippen LogP contribution < -0.4 is 5.32 Å². The molecule has 0 radical (unpaired) electrons. The van der Waals surface area contributed by atoms with E-state index in [1.165, 1.54) is 4.90 Å². The molecule has 1 rings (SSSR count). The number of amides is 3. The minimum absolute atomic E-state index is 0.0584. The molecule has 0 bridgehead atoms. The molecule has 3 amide bonds. The normalized spacial score (nSPS) is 17.8. The summed E-state index contributed by atoms with van der Waals surface area (Å²) in [6.07, 6.45) is 3.84. The fourth-order valence-electron chi connectivity index (χ4n) is 1.65. The summed E-state index contributed by atoms with van der Waals surface area (Å²) in [7, 11) is -0.146. The van der Waals surface area contributed by atoms with Crippen molar-refractivity contribution in [2.75, 3.05) is 19.8 Å². The smallest absolute Gasteiger partial charge is 0.323 e. The van der Waals surface area contributed by atoms with Gasteiger partial charge in [-0.3, -0.25) is 9.69 Å². The number of nitrogens with zero attached hydrogens (tertiary/aromatic N) is 1. The van der Waals surface area contributed by atoms with E-state index in [1.54, 1.807) is 7.11 Å². The standard InChI is InChI=1S/C11H22N2O3Si/c1-16-17(2,3)9-12-11(15)13-8-6-4-5-7-10(13)14/h4-9H2,1-3H3,(H,12,15). The molecule has 5 nitrogen and oxygen atoms in total. The molecule has 1 aliphatic heterocycles. The first-order valence-corrected chi connectivity index (χ1v) is 9.21. The minimum atomic E-state index is -1.81. The van der Waals surface area contributed by atoms with Gasteiger partial charge in [0.05, 0.1) is 0 Å². The van der Waals surface area contributed by atoms with Crippen molar-refractivity contribution in [3.63, 3.8) is 0 Å². The molecule has 1 aliphatic rings. The number of hydrogen-bond donors (Lipinski definition) is 1. The van der Waals surface area contributed by atoms with Gasteiger partial charge in [-0.15, -0.1) is 0 Å². The molecule has 0 aromatic carbocycles. The third-order valence-electron chi connectivity index (χ3n) is 3.04. The highest BCUT2D eigenvalue weighted by Gasteiger charge is 2.26. The third-order valence-corrected chi connectivity index (χ3v) is 5.17. The van der Waals surface area contributed by atoms with Crippen molar-refractivity contribution < 1.29 is 14.0 Å². The van der Waals surface area contributed by atoms with Crippen molar-refractivity contribution in [1.82, 2.24) is 10.2 Å². The average molecular weight is 258 g/mol. The fourth-order valence-corrected chi connectivity index (χ4v) is 2.37. The minimum Gasteiger partial charge on any atom is -0.419 e. The lowest BCUT2D eigenvalue weighted by atomic mass is 10.2. The summed E-state index contributed by atoms with van der Waals surface area (Å²) in [5.74, 6) is -0.0584. The van der Waals surface area contributed by atoms with E-state index in [0.717, 1.165) is 19.3 Å². The van der Waals surface area contributed by atoms with Gasteiger partial charge in [-0.2, -0.15) is 0 Å². The van der Waals surface area contributed by atoms with Gasteiger partial charge in [0, 0.05) is 26.2 Å². The molecule has 0 saturated carbocycles. The van der Waals surface area contributed by atoms with Gasteiger partial charge in [-0.1, -0.05) is 6.42 Å². The van der Waals surface area contributed by atoms with E-state index in [0.29, 0.717) is 19.1 Å². The van der Waals surface area contributed by atoms with Gasteiger partial charge in [-0.25, -0.2) is 4.79 Å². The van der Waals surface area contributed by atoms with E-state index in [9.17, 15) is 9.59 Å². The molecule has 0 unspecified atom stereocenters. The number of hydrogen-bond acceptors (Lipinski definition) is 3. The van der Waals surface area contributed by atoms with Gasteiger partial charge in [0.25, 0.3) is 0 Å². The van der Waals surface area contributed by atoms with Crippen molar-refractivity contribution >= 4 is 20.3 Å². The molecule has 0 aromatic heterocycles. The van der Waals surface area contributed by atoms with Crippen LogP contribution in [0.5, 0.6) is 0 Å². The Bertz CT molecular complexity index is 294. The molecular weight excluding hydrogens is 236 g/mol. The Kier molecular flexibility index (Phi) is 5.14. The Balaban J connectivity index is 2.48. The van der Waals surface area contributed by atoms with Crippen LogP contribution in [0.15, 0.2) is 0 Å². The maximum atomic E-state index is 11.9. The first-order valence-electron chi connectivity index (χ1n) is 6.09. The van der Waals surface area contributed by atoms with Gasteiger partial charge in [0.1, 0.15) is 0 Å². The van der Waals surface area contributed by atoms with Gasteiger partial charge < -0.3 is 9.74 Å². The second-order valence-corrected chi connectivity index (χ2v) is 9.26. The summed E-state index contributed by atoms with van der Waals surface area (Å²) in [4.78, 5) is 24.9. The number of imide groups is 1. The molecule has 1 fully saturated rings. The van der Waals surface area contributed by atoms with E-state index in [2.05, 4.69) is 5.32 Å². The monoisotopic (exact) mass is 258 g/mol. The lowest BCUT2D eigenvalue weighted by Crippen LogP contribution is -2.50. The number of carbonyl (C=O) groups is 2. The Morgan fingerprint density at radius 1 is 1.41 bits per heavy atom. The molecule has 1 N–H and O–H groups in total. The molecule has 0 aromatic rings. The lowest BCUT2D eigenvalue weighted by Gasteiger charge is -2.24. The summed E-state index contributed by atoms with van der Waals surface area (Å²) in [6.45, 7) is 4.59. The fraction of sp³-hybridized carbons (Fsp3) is 0.818. The van der Waals surface area contributed by atoms with Crippen LogP contribution in [0.4, 0.5) is 4.79 Å². The predicted molar refractivity (Wildman–Crippen MR) is 68.1 cm³/mol. The zero-order chi connectivity index (χ0) is 12.9. The molecule has 17 heavy (non-hydrogen) atoms. The van der Waals surface area contributed by atoms with Gasteiger partial charge in [0.2, 0.25) is 14.2 Å². The molecular formula is C11H22N2O3Si. The third kappa shape index (κ3) is 4.47. The van der Waals surface area contributed by atoms with Crippen molar-refractivity contribution in [2.45, 2.75) is 38.8 Å². The summed E-state index contributed by atoms with van der Waals surface area (Å²) in [5.41, 5.74) is 0. The van der Waals surface area contributed by atoms with E-state index >= 15 is 0 Å². The van der Waals surface area contributed by atoms with Gasteiger partial charge in [-0.05, 0) is 25.9 Å². The van der Waals surface area contributed by atoms with Crippen LogP contribution in [0.2, 0.25) is 13.1 Å². The summed E-state index contributed by atoms with van der Waals surface area (Å²) in [5, 5.41) is 2.80. The van der Waals surface area contributed by atoms with E-state index in [-0.39, 0.29) is 11.9 Å². The van der Waals surface area contributed by atoms with Crippen molar-refractivity contribution in [3.8, 4) is 0 Å². The van der Waals surface area contributed by atoms with Crippen molar-refractivity contribution in [1.29, 1.82) is 0 Å².